The fraction of sp³-hybridized carbons (Fsp3) is 0.857. The number of hydrogen-bond donors (Lipinski definition) is 1. The SMILES string of the molecule is CCOC1CCCN(C(=O)C2CCCC2C(=O)O)C1. The minimum absolute atomic E-state index is 0.0225. The third-order valence-corrected chi connectivity index (χ3v) is 4.24. The first-order chi connectivity index (χ1) is 9.13. The maximum atomic E-state index is 12.5. The van der Waals surface area contributed by atoms with E-state index in [1.807, 2.05) is 11.8 Å². The first kappa shape index (κ1) is 14.3. The summed E-state index contributed by atoms with van der Waals surface area (Å²) in [5.41, 5.74) is 0. The maximum absolute atomic E-state index is 12.5. The summed E-state index contributed by atoms with van der Waals surface area (Å²) in [5, 5.41) is 9.17. The highest BCUT2D eigenvalue weighted by Crippen LogP contribution is 2.34. The molecule has 1 amide bonds. The number of nitrogens with zero attached hydrogens (tertiary/aromatic N) is 1. The van der Waals surface area contributed by atoms with E-state index in [0.717, 1.165) is 25.8 Å². The summed E-state index contributed by atoms with van der Waals surface area (Å²) >= 11 is 0. The molecule has 1 aliphatic carbocycles. The second kappa shape index (κ2) is 6.37. The van der Waals surface area contributed by atoms with Crippen LogP contribution in [0.2, 0.25) is 0 Å². The number of likely N-dealkylation sites (tertiary alicyclic amines) is 1. The van der Waals surface area contributed by atoms with Crippen LogP contribution in [0.1, 0.15) is 39.0 Å². The summed E-state index contributed by atoms with van der Waals surface area (Å²) in [6, 6.07) is 0. The van der Waals surface area contributed by atoms with Crippen molar-refractivity contribution < 1.29 is 19.4 Å². The van der Waals surface area contributed by atoms with Gasteiger partial charge in [0.2, 0.25) is 5.91 Å². The first-order valence-electron chi connectivity index (χ1n) is 7.26. The van der Waals surface area contributed by atoms with Crippen molar-refractivity contribution in [2.24, 2.45) is 11.8 Å². The zero-order valence-corrected chi connectivity index (χ0v) is 11.5. The maximum Gasteiger partial charge on any atom is 0.307 e. The van der Waals surface area contributed by atoms with Crippen LogP contribution in [0.25, 0.3) is 0 Å². The van der Waals surface area contributed by atoms with Gasteiger partial charge in [0.15, 0.2) is 0 Å². The predicted octanol–water partition coefficient (Wildman–Crippen LogP) is 1.51. The molecule has 3 unspecified atom stereocenters. The smallest absolute Gasteiger partial charge is 0.307 e. The molecule has 1 saturated carbocycles. The van der Waals surface area contributed by atoms with Gasteiger partial charge in [0.05, 0.1) is 17.9 Å². The number of amides is 1. The van der Waals surface area contributed by atoms with Gasteiger partial charge in [-0.25, -0.2) is 0 Å². The van der Waals surface area contributed by atoms with Crippen LogP contribution >= 0.6 is 0 Å². The van der Waals surface area contributed by atoms with Crippen molar-refractivity contribution in [3.8, 4) is 0 Å². The van der Waals surface area contributed by atoms with Crippen molar-refractivity contribution in [2.45, 2.75) is 45.1 Å². The summed E-state index contributed by atoms with van der Waals surface area (Å²) in [4.78, 5) is 25.5. The van der Waals surface area contributed by atoms with E-state index in [9.17, 15) is 14.7 Å². The Bertz CT molecular complexity index is 342. The van der Waals surface area contributed by atoms with Crippen LogP contribution in [-0.4, -0.2) is 47.7 Å². The Morgan fingerprint density at radius 1 is 1.21 bits per heavy atom. The predicted molar refractivity (Wildman–Crippen MR) is 69.7 cm³/mol. The van der Waals surface area contributed by atoms with Crippen molar-refractivity contribution in [1.82, 2.24) is 4.90 Å². The van der Waals surface area contributed by atoms with Crippen LogP contribution in [0.5, 0.6) is 0 Å². The van der Waals surface area contributed by atoms with Crippen molar-refractivity contribution >= 4 is 11.9 Å². The number of ether oxygens (including phenoxy) is 1. The zero-order chi connectivity index (χ0) is 13.8. The standard InChI is InChI=1S/C14H23NO4/c1-2-19-10-5-4-8-15(9-10)13(16)11-6-3-7-12(11)14(17)18/h10-12H,2-9H2,1H3,(H,17,18). The molecule has 1 N–H and O–H groups in total. The van der Waals surface area contributed by atoms with Crippen molar-refractivity contribution in [3.05, 3.63) is 0 Å². The Labute approximate surface area is 113 Å². The number of aliphatic carboxylic acids is 1. The van der Waals surface area contributed by atoms with E-state index in [2.05, 4.69) is 0 Å². The summed E-state index contributed by atoms with van der Waals surface area (Å²) in [7, 11) is 0. The number of carboxylic acid groups (broad SMARTS) is 1. The molecule has 1 heterocycles. The van der Waals surface area contributed by atoms with Crippen molar-refractivity contribution in [2.75, 3.05) is 19.7 Å². The van der Waals surface area contributed by atoms with Gasteiger partial charge in [-0.3, -0.25) is 9.59 Å². The van der Waals surface area contributed by atoms with Gasteiger partial charge in [0, 0.05) is 19.7 Å². The van der Waals surface area contributed by atoms with Crippen LogP contribution in [0.15, 0.2) is 0 Å². The second-order valence-corrected chi connectivity index (χ2v) is 5.49. The van der Waals surface area contributed by atoms with Gasteiger partial charge in [0.25, 0.3) is 0 Å². The molecule has 0 bridgehead atoms. The first-order valence-corrected chi connectivity index (χ1v) is 7.26. The molecule has 108 valence electrons. The highest BCUT2D eigenvalue weighted by molar-refractivity contribution is 5.85. The van der Waals surface area contributed by atoms with E-state index in [-0.39, 0.29) is 17.9 Å². The van der Waals surface area contributed by atoms with Crippen LogP contribution in [0.3, 0.4) is 0 Å². The lowest BCUT2D eigenvalue weighted by Gasteiger charge is -2.34. The molecule has 1 aliphatic heterocycles. The van der Waals surface area contributed by atoms with Gasteiger partial charge >= 0.3 is 5.97 Å². The Balaban J connectivity index is 1.96. The second-order valence-electron chi connectivity index (χ2n) is 5.49. The fourth-order valence-electron chi connectivity index (χ4n) is 3.30. The van der Waals surface area contributed by atoms with Gasteiger partial charge in [-0.05, 0) is 32.6 Å². The van der Waals surface area contributed by atoms with Gasteiger partial charge in [0.1, 0.15) is 0 Å². The summed E-state index contributed by atoms with van der Waals surface area (Å²) < 4.78 is 5.59. The van der Waals surface area contributed by atoms with Gasteiger partial charge < -0.3 is 14.7 Å². The Hall–Kier alpha value is -1.10. The fourth-order valence-corrected chi connectivity index (χ4v) is 3.30. The third-order valence-electron chi connectivity index (χ3n) is 4.24. The lowest BCUT2D eigenvalue weighted by molar-refractivity contribution is -0.150. The molecule has 5 heteroatoms. The summed E-state index contributed by atoms with van der Waals surface area (Å²) in [6.07, 6.45) is 4.24. The quantitative estimate of drug-likeness (QED) is 0.840. The monoisotopic (exact) mass is 269 g/mol. The number of carbonyl (C=O) groups excluding carboxylic acids is 1. The highest BCUT2D eigenvalue weighted by Gasteiger charge is 2.40. The Morgan fingerprint density at radius 2 is 1.95 bits per heavy atom. The van der Waals surface area contributed by atoms with Crippen LogP contribution < -0.4 is 0 Å². The molecule has 0 radical (unpaired) electrons. The molecule has 0 spiro atoms. The largest absolute Gasteiger partial charge is 0.481 e. The molecular weight excluding hydrogens is 246 g/mol. The summed E-state index contributed by atoms with van der Waals surface area (Å²) in [6.45, 7) is 3.98. The Kier molecular flexibility index (Phi) is 4.80. The lowest BCUT2D eigenvalue weighted by atomic mass is 9.93. The Morgan fingerprint density at radius 3 is 2.63 bits per heavy atom. The molecule has 2 rings (SSSR count). The van der Waals surface area contributed by atoms with Gasteiger partial charge in [-0.2, -0.15) is 0 Å². The number of hydrogen-bond acceptors (Lipinski definition) is 3. The number of rotatable bonds is 4. The van der Waals surface area contributed by atoms with E-state index in [4.69, 9.17) is 4.74 Å². The zero-order valence-electron chi connectivity index (χ0n) is 11.5. The lowest BCUT2D eigenvalue weighted by Crippen LogP contribution is -2.47. The van der Waals surface area contributed by atoms with Crippen molar-refractivity contribution in [3.63, 3.8) is 0 Å². The third kappa shape index (κ3) is 3.26. The minimum Gasteiger partial charge on any atom is -0.481 e. The molecule has 2 aliphatic rings. The average Bonchev–Trinajstić information content (AvgIpc) is 2.88. The average molecular weight is 269 g/mol. The number of piperidine rings is 1. The molecule has 0 aromatic carbocycles. The molecule has 3 atom stereocenters. The van der Waals surface area contributed by atoms with Gasteiger partial charge in [-0.1, -0.05) is 6.42 Å². The molecule has 0 aromatic rings. The minimum atomic E-state index is -0.825. The molecule has 19 heavy (non-hydrogen) atoms. The van der Waals surface area contributed by atoms with E-state index in [1.165, 1.54) is 0 Å². The normalized spacial score (nSPS) is 31.4. The van der Waals surface area contributed by atoms with Crippen LogP contribution in [0.4, 0.5) is 0 Å². The molecule has 1 saturated heterocycles. The van der Waals surface area contributed by atoms with Crippen LogP contribution in [-0.2, 0) is 14.3 Å². The molecule has 2 fully saturated rings. The van der Waals surface area contributed by atoms with Crippen molar-refractivity contribution in [1.29, 1.82) is 0 Å². The van der Waals surface area contributed by atoms with Gasteiger partial charge in [-0.15, -0.1) is 0 Å². The van der Waals surface area contributed by atoms with E-state index >= 15 is 0 Å². The van der Waals surface area contributed by atoms with E-state index < -0.39 is 11.9 Å². The van der Waals surface area contributed by atoms with E-state index in [0.29, 0.717) is 26.0 Å². The number of carboxylic acids is 1. The molecule has 0 aromatic heterocycles. The number of carbonyl (C=O) groups is 2. The van der Waals surface area contributed by atoms with E-state index in [1.54, 1.807) is 0 Å². The van der Waals surface area contributed by atoms with Crippen LogP contribution in [0, 0.1) is 11.8 Å². The molecular formula is C14H23NO4. The highest BCUT2D eigenvalue weighted by atomic mass is 16.5. The molecule has 5 nitrogen and oxygen atoms in total. The summed E-state index contributed by atoms with van der Waals surface area (Å²) in [5.74, 6) is -1.61. The topological polar surface area (TPSA) is 66.8 Å².